The third-order valence-corrected chi connectivity index (χ3v) is 11.1. The Hall–Kier alpha value is -5.96. The van der Waals surface area contributed by atoms with Gasteiger partial charge < -0.3 is 20.0 Å². The van der Waals surface area contributed by atoms with Crippen LogP contribution in [0.1, 0.15) is 68.7 Å². The van der Waals surface area contributed by atoms with Gasteiger partial charge in [-0.1, -0.05) is 121 Å². The minimum absolute atomic E-state index is 0.193. The Bertz CT molecular complexity index is 1960. The zero-order valence-electron chi connectivity index (χ0n) is 29.9. The van der Waals surface area contributed by atoms with E-state index in [0.717, 1.165) is 35.1 Å². The summed E-state index contributed by atoms with van der Waals surface area (Å²) in [5.74, 6) is -0.385. The summed E-state index contributed by atoms with van der Waals surface area (Å²) in [6, 6.07) is 44.3. The van der Waals surface area contributed by atoms with Crippen LogP contribution in [-0.4, -0.2) is 67.0 Å². The number of carbonyl (C=O) groups is 2. The van der Waals surface area contributed by atoms with Crippen LogP contribution in [0, 0.1) is 0 Å². The van der Waals surface area contributed by atoms with Gasteiger partial charge in [0.05, 0.1) is 34.6 Å². The van der Waals surface area contributed by atoms with Crippen molar-refractivity contribution in [1.29, 1.82) is 0 Å². The fraction of sp³-hybridized carbons (Fsp3) is 0.217. The normalized spacial score (nSPS) is 17.4. The standard InChI is InChI=1S/C46H42N4O4/c51-43(49-29-13-23-41(49)45(53,35-15-5-1-6-16-35)36-17-7-2-8-18-36)33-25-27-39(47-31-33)40-28-26-34(32-48-40)44(52)50-30-14-24-42(50)46(54,37-19-9-3-10-20-37)38-21-11-4-12-22-38/h1-12,15-22,25-28,31-32,41-42,53-54H,13-14,23-24,29-30H2/t41-,42-/m1/s1. The highest BCUT2D eigenvalue weighted by molar-refractivity contribution is 5.95. The summed E-state index contributed by atoms with van der Waals surface area (Å²) in [7, 11) is 0. The third kappa shape index (κ3) is 6.27. The molecule has 0 bridgehead atoms. The van der Waals surface area contributed by atoms with Gasteiger partial charge in [0, 0.05) is 25.5 Å². The van der Waals surface area contributed by atoms with E-state index < -0.39 is 23.3 Å². The molecule has 2 atom stereocenters. The van der Waals surface area contributed by atoms with Crippen molar-refractivity contribution >= 4 is 11.8 Å². The quantitative estimate of drug-likeness (QED) is 0.164. The number of amides is 2. The van der Waals surface area contributed by atoms with Crippen molar-refractivity contribution in [1.82, 2.24) is 19.8 Å². The van der Waals surface area contributed by atoms with Crippen LogP contribution in [0.3, 0.4) is 0 Å². The van der Waals surface area contributed by atoms with Crippen molar-refractivity contribution in [2.45, 2.75) is 49.0 Å². The molecule has 0 saturated carbocycles. The van der Waals surface area contributed by atoms with Crippen LogP contribution in [0.5, 0.6) is 0 Å². The largest absolute Gasteiger partial charge is 0.378 e. The molecule has 0 spiro atoms. The zero-order valence-corrected chi connectivity index (χ0v) is 29.9. The predicted molar refractivity (Wildman–Crippen MR) is 207 cm³/mol. The Labute approximate surface area is 315 Å². The smallest absolute Gasteiger partial charge is 0.255 e. The second-order valence-electron chi connectivity index (χ2n) is 14.2. The second-order valence-corrected chi connectivity index (χ2v) is 14.2. The number of rotatable bonds is 9. The van der Waals surface area contributed by atoms with E-state index in [0.29, 0.717) is 48.4 Å². The van der Waals surface area contributed by atoms with E-state index in [1.54, 1.807) is 46.5 Å². The van der Waals surface area contributed by atoms with Gasteiger partial charge in [-0.2, -0.15) is 0 Å². The van der Waals surface area contributed by atoms with Gasteiger partial charge in [-0.25, -0.2) is 0 Å². The minimum atomic E-state index is -1.39. The number of benzene rings is 4. The summed E-state index contributed by atoms with van der Waals surface area (Å²) in [4.78, 5) is 40.8. The molecule has 8 heteroatoms. The average Bonchev–Trinajstić information content (AvgIpc) is 3.96. The van der Waals surface area contributed by atoms with Gasteiger partial charge in [0.1, 0.15) is 11.2 Å². The number of hydrogen-bond donors (Lipinski definition) is 2. The second kappa shape index (κ2) is 14.8. The number of likely N-dealkylation sites (tertiary alicyclic amines) is 2. The molecular formula is C46H42N4O4. The molecule has 8 nitrogen and oxygen atoms in total. The van der Waals surface area contributed by atoms with Crippen LogP contribution < -0.4 is 0 Å². The first kappa shape index (κ1) is 35.1. The maximum absolute atomic E-state index is 14.0. The molecule has 8 rings (SSSR count). The summed E-state index contributed by atoms with van der Waals surface area (Å²) in [5.41, 5.74) is 2.16. The molecule has 2 aromatic heterocycles. The fourth-order valence-electron chi connectivity index (χ4n) is 8.44. The van der Waals surface area contributed by atoms with E-state index in [2.05, 4.69) is 9.97 Å². The summed E-state index contributed by atoms with van der Waals surface area (Å²) < 4.78 is 0. The molecule has 2 aliphatic heterocycles. The van der Waals surface area contributed by atoms with E-state index in [-0.39, 0.29) is 11.8 Å². The number of nitrogens with zero attached hydrogens (tertiary/aromatic N) is 4. The Morgan fingerprint density at radius 2 is 0.796 bits per heavy atom. The maximum Gasteiger partial charge on any atom is 0.255 e. The van der Waals surface area contributed by atoms with E-state index in [1.165, 1.54) is 0 Å². The molecule has 270 valence electrons. The molecule has 2 fully saturated rings. The average molecular weight is 715 g/mol. The lowest BCUT2D eigenvalue weighted by molar-refractivity contribution is -0.000738. The molecule has 54 heavy (non-hydrogen) atoms. The number of carbonyl (C=O) groups excluding carboxylic acids is 2. The van der Waals surface area contributed by atoms with Crippen molar-refractivity contribution < 1.29 is 19.8 Å². The van der Waals surface area contributed by atoms with Crippen LogP contribution >= 0.6 is 0 Å². The molecule has 2 saturated heterocycles. The number of pyridine rings is 2. The Morgan fingerprint density at radius 3 is 1.07 bits per heavy atom. The Morgan fingerprint density at radius 1 is 0.481 bits per heavy atom. The molecule has 2 aliphatic rings. The summed E-state index contributed by atoms with van der Waals surface area (Å²) >= 11 is 0. The molecule has 6 aromatic rings. The molecule has 0 radical (unpaired) electrons. The third-order valence-electron chi connectivity index (χ3n) is 11.1. The Balaban J connectivity index is 1.01. The summed E-state index contributed by atoms with van der Waals surface area (Å²) in [6.45, 7) is 1.05. The van der Waals surface area contributed by atoms with Crippen molar-refractivity contribution in [3.63, 3.8) is 0 Å². The molecule has 2 N–H and O–H groups in total. The van der Waals surface area contributed by atoms with Crippen LogP contribution in [0.25, 0.3) is 11.4 Å². The van der Waals surface area contributed by atoms with Crippen molar-refractivity contribution in [2.75, 3.05) is 13.1 Å². The monoisotopic (exact) mass is 714 g/mol. The topological polar surface area (TPSA) is 107 Å². The van der Waals surface area contributed by atoms with Crippen molar-refractivity contribution in [2.24, 2.45) is 0 Å². The van der Waals surface area contributed by atoms with Crippen LogP contribution in [0.15, 0.2) is 158 Å². The van der Waals surface area contributed by atoms with Crippen molar-refractivity contribution in [3.8, 4) is 11.4 Å². The van der Waals surface area contributed by atoms with Crippen molar-refractivity contribution in [3.05, 3.63) is 191 Å². The van der Waals surface area contributed by atoms with Gasteiger partial charge in [-0.15, -0.1) is 0 Å². The van der Waals surface area contributed by atoms with Crippen LogP contribution in [-0.2, 0) is 11.2 Å². The van der Waals surface area contributed by atoms with E-state index >= 15 is 0 Å². The van der Waals surface area contributed by atoms with Gasteiger partial charge >= 0.3 is 0 Å². The van der Waals surface area contributed by atoms with Gasteiger partial charge in [0.2, 0.25) is 0 Å². The lowest BCUT2D eigenvalue weighted by atomic mass is 9.79. The molecule has 4 heterocycles. The van der Waals surface area contributed by atoms with Gasteiger partial charge in [-0.3, -0.25) is 19.6 Å². The van der Waals surface area contributed by atoms with E-state index in [1.807, 2.05) is 121 Å². The summed E-state index contributed by atoms with van der Waals surface area (Å²) in [6.07, 6.45) is 5.97. The van der Waals surface area contributed by atoms with E-state index in [9.17, 15) is 19.8 Å². The SMILES string of the molecule is O=C(c1ccc(-c2ccc(C(=O)N3CCC[C@@H]3C(O)(c3ccccc3)c3ccccc3)cn2)nc1)N1CCC[C@@H]1C(O)(c1ccccc1)c1ccccc1. The highest BCUT2D eigenvalue weighted by atomic mass is 16.3. The zero-order chi connectivity index (χ0) is 37.1. The number of aliphatic hydroxyl groups is 2. The first-order chi connectivity index (χ1) is 26.4. The first-order valence-corrected chi connectivity index (χ1v) is 18.6. The van der Waals surface area contributed by atoms with Crippen LogP contribution in [0.4, 0.5) is 0 Å². The molecular weight excluding hydrogens is 673 g/mol. The van der Waals surface area contributed by atoms with Gasteiger partial charge in [0.15, 0.2) is 0 Å². The highest BCUT2D eigenvalue weighted by Crippen LogP contribution is 2.42. The Kier molecular flexibility index (Phi) is 9.63. The lowest BCUT2D eigenvalue weighted by Crippen LogP contribution is -2.50. The lowest BCUT2D eigenvalue weighted by Gasteiger charge is -2.40. The first-order valence-electron chi connectivity index (χ1n) is 18.6. The molecule has 2 amide bonds. The minimum Gasteiger partial charge on any atom is -0.378 e. The molecule has 4 aromatic carbocycles. The summed E-state index contributed by atoms with van der Waals surface area (Å²) in [5, 5.41) is 24.9. The molecule has 0 unspecified atom stereocenters. The predicted octanol–water partition coefficient (Wildman–Crippen LogP) is 7.23. The number of aromatic nitrogens is 2. The fourth-order valence-corrected chi connectivity index (χ4v) is 8.44. The maximum atomic E-state index is 14.0. The van der Waals surface area contributed by atoms with Crippen LogP contribution in [0.2, 0.25) is 0 Å². The van der Waals surface area contributed by atoms with E-state index in [4.69, 9.17) is 0 Å². The number of hydrogen-bond acceptors (Lipinski definition) is 6. The molecule has 0 aliphatic carbocycles. The van der Waals surface area contributed by atoms with Gasteiger partial charge in [-0.05, 0) is 72.2 Å². The van der Waals surface area contributed by atoms with Gasteiger partial charge in [0.25, 0.3) is 11.8 Å². The highest BCUT2D eigenvalue weighted by Gasteiger charge is 2.48.